The Morgan fingerprint density at radius 3 is 2.86 bits per heavy atom. The van der Waals surface area contributed by atoms with E-state index in [2.05, 4.69) is 20.0 Å². The molecule has 1 saturated carbocycles. The standard InChI is InChI=1S/C14H17N5OS/c15-12-11(13(20)18-10-1-2-10)14(21-19-12)17-8-5-9-3-6-16-7-4-9/h3-4,6-7,10,17H,1-2,5,8H2,(H2,15,19)(H,18,20). The average Bonchev–Trinajstić information content (AvgIpc) is 3.22. The quantitative estimate of drug-likeness (QED) is 0.755. The summed E-state index contributed by atoms with van der Waals surface area (Å²) in [6, 6.07) is 4.26. The molecule has 0 atom stereocenters. The molecule has 0 aromatic carbocycles. The molecule has 1 aliphatic carbocycles. The van der Waals surface area contributed by atoms with Crippen molar-refractivity contribution >= 4 is 28.3 Å². The topological polar surface area (TPSA) is 92.9 Å². The zero-order valence-corrected chi connectivity index (χ0v) is 12.3. The second kappa shape index (κ2) is 6.09. The van der Waals surface area contributed by atoms with E-state index in [0.717, 1.165) is 30.8 Å². The monoisotopic (exact) mass is 303 g/mol. The predicted molar refractivity (Wildman–Crippen MR) is 83.4 cm³/mol. The summed E-state index contributed by atoms with van der Waals surface area (Å²) in [7, 11) is 0. The van der Waals surface area contributed by atoms with Gasteiger partial charge in [0.25, 0.3) is 5.91 Å². The Labute approximate surface area is 126 Å². The minimum absolute atomic E-state index is 0.129. The normalized spacial score (nSPS) is 13.9. The van der Waals surface area contributed by atoms with Crippen molar-refractivity contribution < 1.29 is 4.79 Å². The van der Waals surface area contributed by atoms with E-state index in [0.29, 0.717) is 17.4 Å². The van der Waals surface area contributed by atoms with Crippen LogP contribution in [0, 0.1) is 0 Å². The van der Waals surface area contributed by atoms with Gasteiger partial charge in [0.05, 0.1) is 0 Å². The number of aromatic nitrogens is 2. The maximum Gasteiger partial charge on any atom is 0.258 e. The van der Waals surface area contributed by atoms with Crippen LogP contribution < -0.4 is 16.4 Å². The third-order valence-electron chi connectivity index (χ3n) is 3.31. The molecule has 0 aliphatic heterocycles. The van der Waals surface area contributed by atoms with Gasteiger partial charge in [-0.05, 0) is 48.5 Å². The summed E-state index contributed by atoms with van der Waals surface area (Å²) in [6.07, 6.45) is 6.50. The molecule has 6 nitrogen and oxygen atoms in total. The van der Waals surface area contributed by atoms with Crippen LogP contribution in [0.5, 0.6) is 0 Å². The highest BCUT2D eigenvalue weighted by Gasteiger charge is 2.27. The van der Waals surface area contributed by atoms with Gasteiger partial charge in [0.2, 0.25) is 0 Å². The summed E-state index contributed by atoms with van der Waals surface area (Å²) in [5.41, 5.74) is 7.48. The van der Waals surface area contributed by atoms with Crippen LogP contribution in [0.4, 0.5) is 10.8 Å². The molecular weight excluding hydrogens is 286 g/mol. The average molecular weight is 303 g/mol. The van der Waals surface area contributed by atoms with Gasteiger partial charge in [0, 0.05) is 25.0 Å². The van der Waals surface area contributed by atoms with E-state index in [4.69, 9.17) is 5.73 Å². The fourth-order valence-corrected chi connectivity index (χ4v) is 2.73. The Bertz CT molecular complexity index is 624. The van der Waals surface area contributed by atoms with E-state index in [1.807, 2.05) is 12.1 Å². The Hall–Kier alpha value is -2.15. The number of hydrogen-bond donors (Lipinski definition) is 3. The third kappa shape index (κ3) is 3.49. The van der Waals surface area contributed by atoms with Crippen molar-refractivity contribution in [1.82, 2.24) is 14.7 Å². The lowest BCUT2D eigenvalue weighted by Gasteiger charge is -2.07. The molecule has 0 unspecified atom stereocenters. The fourth-order valence-electron chi connectivity index (χ4n) is 2.00. The zero-order valence-electron chi connectivity index (χ0n) is 11.5. The molecule has 7 heteroatoms. The summed E-state index contributed by atoms with van der Waals surface area (Å²) in [5, 5.41) is 6.93. The molecule has 1 aliphatic rings. The first-order valence-corrected chi connectivity index (χ1v) is 7.70. The number of anilines is 2. The number of nitrogens with one attached hydrogen (secondary N) is 2. The van der Waals surface area contributed by atoms with Gasteiger partial charge in [-0.25, -0.2) is 0 Å². The number of nitrogens with two attached hydrogens (primary N) is 1. The van der Waals surface area contributed by atoms with Crippen LogP contribution in [0.1, 0.15) is 28.8 Å². The number of hydrogen-bond acceptors (Lipinski definition) is 6. The molecule has 2 aromatic heterocycles. The summed E-state index contributed by atoms with van der Waals surface area (Å²) in [5.74, 6) is 0.166. The van der Waals surface area contributed by atoms with Gasteiger partial charge in [-0.3, -0.25) is 9.78 Å². The predicted octanol–water partition coefficient (Wildman–Crippen LogP) is 1.67. The second-order valence-corrected chi connectivity index (χ2v) is 5.83. The van der Waals surface area contributed by atoms with E-state index in [1.165, 1.54) is 17.1 Å². The van der Waals surface area contributed by atoms with Gasteiger partial charge < -0.3 is 16.4 Å². The van der Waals surface area contributed by atoms with Crippen LogP contribution in [0.2, 0.25) is 0 Å². The molecule has 2 aromatic rings. The molecule has 1 amide bonds. The lowest BCUT2D eigenvalue weighted by molar-refractivity contribution is 0.0953. The SMILES string of the molecule is Nc1nsc(NCCc2ccncc2)c1C(=O)NC1CC1. The smallest absolute Gasteiger partial charge is 0.258 e. The van der Waals surface area contributed by atoms with Gasteiger partial charge >= 0.3 is 0 Å². The van der Waals surface area contributed by atoms with Gasteiger partial charge in [-0.1, -0.05) is 0 Å². The minimum Gasteiger partial charge on any atom is -0.382 e. The summed E-state index contributed by atoms with van der Waals surface area (Å²) in [4.78, 5) is 16.1. The van der Waals surface area contributed by atoms with Crippen LogP contribution in [-0.2, 0) is 6.42 Å². The van der Waals surface area contributed by atoms with Crippen molar-refractivity contribution in [2.75, 3.05) is 17.6 Å². The van der Waals surface area contributed by atoms with Crippen LogP contribution in [0.3, 0.4) is 0 Å². The Balaban J connectivity index is 1.61. The van der Waals surface area contributed by atoms with E-state index < -0.39 is 0 Å². The van der Waals surface area contributed by atoms with Gasteiger partial charge in [0.1, 0.15) is 10.6 Å². The highest BCUT2D eigenvalue weighted by Crippen LogP contribution is 2.28. The van der Waals surface area contributed by atoms with E-state index in [-0.39, 0.29) is 5.91 Å². The molecule has 1 fully saturated rings. The highest BCUT2D eigenvalue weighted by atomic mass is 32.1. The molecule has 110 valence electrons. The number of carbonyl (C=O) groups is 1. The van der Waals surface area contributed by atoms with Crippen LogP contribution >= 0.6 is 11.5 Å². The first kappa shape index (κ1) is 13.8. The summed E-state index contributed by atoms with van der Waals surface area (Å²) < 4.78 is 4.08. The van der Waals surface area contributed by atoms with E-state index in [1.54, 1.807) is 12.4 Å². The molecular formula is C14H17N5OS. The Morgan fingerprint density at radius 2 is 2.14 bits per heavy atom. The van der Waals surface area contributed by atoms with Crippen molar-refractivity contribution in [2.45, 2.75) is 25.3 Å². The molecule has 21 heavy (non-hydrogen) atoms. The van der Waals surface area contributed by atoms with Crippen LogP contribution in [0.25, 0.3) is 0 Å². The minimum atomic E-state index is -0.129. The largest absolute Gasteiger partial charge is 0.382 e. The third-order valence-corrected chi connectivity index (χ3v) is 4.13. The fraction of sp³-hybridized carbons (Fsp3) is 0.357. The number of rotatable bonds is 6. The molecule has 0 bridgehead atoms. The summed E-state index contributed by atoms with van der Waals surface area (Å²) in [6.45, 7) is 0.718. The molecule has 4 N–H and O–H groups in total. The second-order valence-electron chi connectivity index (χ2n) is 5.05. The highest BCUT2D eigenvalue weighted by molar-refractivity contribution is 7.11. The van der Waals surface area contributed by atoms with Crippen molar-refractivity contribution in [3.8, 4) is 0 Å². The summed E-state index contributed by atoms with van der Waals surface area (Å²) >= 11 is 1.23. The van der Waals surface area contributed by atoms with Crippen molar-refractivity contribution in [2.24, 2.45) is 0 Å². The first-order chi connectivity index (χ1) is 10.2. The Morgan fingerprint density at radius 1 is 1.38 bits per heavy atom. The van der Waals surface area contributed by atoms with Gasteiger partial charge in [0.15, 0.2) is 5.82 Å². The maximum absolute atomic E-state index is 12.2. The number of nitrogen functional groups attached to an aromatic ring is 1. The van der Waals surface area contributed by atoms with Crippen molar-refractivity contribution in [3.05, 3.63) is 35.7 Å². The van der Waals surface area contributed by atoms with Crippen LogP contribution in [0.15, 0.2) is 24.5 Å². The van der Waals surface area contributed by atoms with Crippen LogP contribution in [-0.4, -0.2) is 27.9 Å². The number of amides is 1. The van der Waals surface area contributed by atoms with Gasteiger partial charge in [-0.2, -0.15) is 4.37 Å². The number of carbonyl (C=O) groups excluding carboxylic acids is 1. The van der Waals surface area contributed by atoms with Gasteiger partial charge in [-0.15, -0.1) is 0 Å². The Kier molecular flexibility index (Phi) is 4.01. The van der Waals surface area contributed by atoms with E-state index >= 15 is 0 Å². The molecule has 0 radical (unpaired) electrons. The lowest BCUT2D eigenvalue weighted by Crippen LogP contribution is -2.26. The van der Waals surface area contributed by atoms with E-state index in [9.17, 15) is 4.79 Å². The molecule has 2 heterocycles. The van der Waals surface area contributed by atoms with Crippen molar-refractivity contribution in [1.29, 1.82) is 0 Å². The molecule has 3 rings (SSSR count). The molecule has 0 spiro atoms. The number of nitrogens with zero attached hydrogens (tertiary/aromatic N) is 2. The zero-order chi connectivity index (χ0) is 14.7. The molecule has 0 saturated heterocycles. The maximum atomic E-state index is 12.2. The first-order valence-electron chi connectivity index (χ1n) is 6.93. The number of pyridine rings is 1. The van der Waals surface area contributed by atoms with Crippen molar-refractivity contribution in [3.63, 3.8) is 0 Å². The lowest BCUT2D eigenvalue weighted by atomic mass is 10.2.